The van der Waals surface area contributed by atoms with Gasteiger partial charge in [-0.05, 0) is 57.4 Å². The van der Waals surface area contributed by atoms with Crippen molar-refractivity contribution < 1.29 is 9.47 Å². The third-order valence-corrected chi connectivity index (χ3v) is 4.31. The molecule has 0 saturated carbocycles. The molecule has 0 radical (unpaired) electrons. The Labute approximate surface area is 130 Å². The standard InChI is InChI=1S/C16H24BrNO2/c1-11(2)20-16-10-14(17)12(9-15(16)19-3)8-13-6-4-5-7-18-13/h9-11,13,18H,4-8H2,1-3H3. The minimum Gasteiger partial charge on any atom is -0.493 e. The van der Waals surface area contributed by atoms with E-state index in [1.165, 1.54) is 24.8 Å². The van der Waals surface area contributed by atoms with Crippen LogP contribution in [0, 0.1) is 0 Å². The molecule has 0 aromatic heterocycles. The van der Waals surface area contributed by atoms with Crippen molar-refractivity contribution in [2.75, 3.05) is 13.7 Å². The Morgan fingerprint density at radius 1 is 1.30 bits per heavy atom. The molecule has 1 aromatic carbocycles. The summed E-state index contributed by atoms with van der Waals surface area (Å²) >= 11 is 3.66. The van der Waals surface area contributed by atoms with E-state index >= 15 is 0 Å². The molecule has 1 aromatic rings. The predicted octanol–water partition coefficient (Wildman–Crippen LogP) is 3.93. The number of benzene rings is 1. The summed E-state index contributed by atoms with van der Waals surface area (Å²) in [5.41, 5.74) is 1.28. The van der Waals surface area contributed by atoms with Crippen LogP contribution in [0.2, 0.25) is 0 Å². The topological polar surface area (TPSA) is 30.5 Å². The SMILES string of the molecule is COc1cc(CC2CCCCN2)c(Br)cc1OC(C)C. The van der Waals surface area contributed by atoms with Crippen molar-refractivity contribution in [1.29, 1.82) is 0 Å². The van der Waals surface area contributed by atoms with Crippen LogP contribution in [0.4, 0.5) is 0 Å². The second-order valence-electron chi connectivity index (χ2n) is 5.61. The van der Waals surface area contributed by atoms with E-state index in [0.29, 0.717) is 6.04 Å². The second-order valence-corrected chi connectivity index (χ2v) is 6.47. The van der Waals surface area contributed by atoms with Crippen LogP contribution in [0.1, 0.15) is 38.7 Å². The molecule has 1 aliphatic heterocycles. The fourth-order valence-corrected chi connectivity index (χ4v) is 3.09. The average Bonchev–Trinajstić information content (AvgIpc) is 2.42. The van der Waals surface area contributed by atoms with Crippen LogP contribution < -0.4 is 14.8 Å². The summed E-state index contributed by atoms with van der Waals surface area (Å²) in [5, 5.41) is 3.59. The molecule has 2 rings (SSSR count). The fraction of sp³-hybridized carbons (Fsp3) is 0.625. The first-order chi connectivity index (χ1) is 9.60. The number of hydrogen-bond acceptors (Lipinski definition) is 3. The molecule has 0 aliphatic carbocycles. The van der Waals surface area contributed by atoms with Gasteiger partial charge in [0, 0.05) is 10.5 Å². The van der Waals surface area contributed by atoms with Crippen LogP contribution in [0.5, 0.6) is 11.5 Å². The lowest BCUT2D eigenvalue weighted by Crippen LogP contribution is -2.35. The van der Waals surface area contributed by atoms with E-state index in [9.17, 15) is 0 Å². The first-order valence-electron chi connectivity index (χ1n) is 7.36. The highest BCUT2D eigenvalue weighted by Crippen LogP contribution is 2.35. The normalized spacial score (nSPS) is 19.1. The third kappa shape index (κ3) is 4.13. The van der Waals surface area contributed by atoms with E-state index in [0.717, 1.165) is 28.9 Å². The highest BCUT2D eigenvalue weighted by Gasteiger charge is 2.17. The molecule has 4 heteroatoms. The summed E-state index contributed by atoms with van der Waals surface area (Å²) in [5.74, 6) is 1.61. The smallest absolute Gasteiger partial charge is 0.162 e. The van der Waals surface area contributed by atoms with Crippen LogP contribution in [-0.4, -0.2) is 25.8 Å². The number of nitrogens with one attached hydrogen (secondary N) is 1. The lowest BCUT2D eigenvalue weighted by atomic mass is 9.97. The molecule has 112 valence electrons. The Kier molecular flexibility index (Phi) is 5.73. The van der Waals surface area contributed by atoms with Crippen molar-refractivity contribution in [2.24, 2.45) is 0 Å². The fourth-order valence-electron chi connectivity index (χ4n) is 2.60. The van der Waals surface area contributed by atoms with Gasteiger partial charge in [0.25, 0.3) is 0 Å². The highest BCUT2D eigenvalue weighted by atomic mass is 79.9. The summed E-state index contributed by atoms with van der Waals surface area (Å²) in [6.45, 7) is 5.17. The maximum Gasteiger partial charge on any atom is 0.162 e. The van der Waals surface area contributed by atoms with Crippen LogP contribution in [0.25, 0.3) is 0 Å². The van der Waals surface area contributed by atoms with Crippen molar-refractivity contribution in [3.63, 3.8) is 0 Å². The highest BCUT2D eigenvalue weighted by molar-refractivity contribution is 9.10. The van der Waals surface area contributed by atoms with Gasteiger partial charge < -0.3 is 14.8 Å². The Hall–Kier alpha value is -0.740. The maximum atomic E-state index is 5.79. The van der Waals surface area contributed by atoms with Crippen molar-refractivity contribution >= 4 is 15.9 Å². The van der Waals surface area contributed by atoms with E-state index in [1.807, 2.05) is 19.9 Å². The van der Waals surface area contributed by atoms with Gasteiger partial charge in [0.15, 0.2) is 11.5 Å². The quantitative estimate of drug-likeness (QED) is 0.880. The minimum absolute atomic E-state index is 0.140. The van der Waals surface area contributed by atoms with Gasteiger partial charge in [0.1, 0.15) is 0 Å². The summed E-state index contributed by atoms with van der Waals surface area (Å²) in [6, 6.07) is 4.69. The third-order valence-electron chi connectivity index (χ3n) is 3.57. The summed E-state index contributed by atoms with van der Waals surface area (Å²) in [4.78, 5) is 0. The number of piperidine rings is 1. The zero-order chi connectivity index (χ0) is 14.5. The zero-order valence-electron chi connectivity index (χ0n) is 12.5. The number of methoxy groups -OCH3 is 1. The molecule has 1 heterocycles. The van der Waals surface area contributed by atoms with E-state index in [-0.39, 0.29) is 6.10 Å². The van der Waals surface area contributed by atoms with Gasteiger partial charge in [-0.2, -0.15) is 0 Å². The van der Waals surface area contributed by atoms with Crippen LogP contribution in [0.3, 0.4) is 0 Å². The maximum absolute atomic E-state index is 5.79. The van der Waals surface area contributed by atoms with Gasteiger partial charge in [-0.15, -0.1) is 0 Å². The van der Waals surface area contributed by atoms with E-state index in [4.69, 9.17) is 9.47 Å². The monoisotopic (exact) mass is 341 g/mol. The summed E-state index contributed by atoms with van der Waals surface area (Å²) in [7, 11) is 1.69. The van der Waals surface area contributed by atoms with Gasteiger partial charge >= 0.3 is 0 Å². The van der Waals surface area contributed by atoms with Crippen molar-refractivity contribution in [1.82, 2.24) is 5.32 Å². The van der Waals surface area contributed by atoms with Gasteiger partial charge in [0.05, 0.1) is 13.2 Å². The number of ether oxygens (including phenoxy) is 2. The molecule has 1 N–H and O–H groups in total. The van der Waals surface area contributed by atoms with Gasteiger partial charge in [-0.1, -0.05) is 22.4 Å². The molecule has 1 fully saturated rings. The number of halogens is 1. The molecule has 0 amide bonds. The molecule has 0 bridgehead atoms. The van der Waals surface area contributed by atoms with Crippen molar-refractivity contribution in [3.8, 4) is 11.5 Å². The Morgan fingerprint density at radius 2 is 2.10 bits per heavy atom. The van der Waals surface area contributed by atoms with Gasteiger partial charge in [-0.3, -0.25) is 0 Å². The van der Waals surface area contributed by atoms with Crippen LogP contribution in [-0.2, 0) is 6.42 Å². The first-order valence-corrected chi connectivity index (χ1v) is 8.16. The molecule has 1 saturated heterocycles. The molecule has 3 nitrogen and oxygen atoms in total. The number of rotatable bonds is 5. The average molecular weight is 342 g/mol. The molecule has 1 unspecified atom stereocenters. The lowest BCUT2D eigenvalue weighted by molar-refractivity contribution is 0.230. The molecular weight excluding hydrogens is 318 g/mol. The van der Waals surface area contributed by atoms with Gasteiger partial charge in [-0.25, -0.2) is 0 Å². The van der Waals surface area contributed by atoms with E-state index in [1.54, 1.807) is 7.11 Å². The molecule has 1 atom stereocenters. The summed E-state index contributed by atoms with van der Waals surface area (Å²) < 4.78 is 12.4. The predicted molar refractivity (Wildman–Crippen MR) is 85.8 cm³/mol. The zero-order valence-corrected chi connectivity index (χ0v) is 14.1. The van der Waals surface area contributed by atoms with Gasteiger partial charge in [0.2, 0.25) is 0 Å². The second kappa shape index (κ2) is 7.32. The number of hydrogen-bond donors (Lipinski definition) is 1. The summed E-state index contributed by atoms with van der Waals surface area (Å²) in [6.07, 6.45) is 5.03. The van der Waals surface area contributed by atoms with E-state index < -0.39 is 0 Å². The van der Waals surface area contributed by atoms with Crippen LogP contribution in [0.15, 0.2) is 16.6 Å². The molecular formula is C16H24BrNO2. The lowest BCUT2D eigenvalue weighted by Gasteiger charge is -2.24. The Balaban J connectivity index is 2.16. The van der Waals surface area contributed by atoms with Crippen molar-refractivity contribution in [3.05, 3.63) is 22.2 Å². The van der Waals surface area contributed by atoms with Crippen molar-refractivity contribution in [2.45, 2.75) is 51.7 Å². The minimum atomic E-state index is 0.140. The Bertz CT molecular complexity index is 442. The largest absolute Gasteiger partial charge is 0.493 e. The van der Waals surface area contributed by atoms with Crippen LogP contribution >= 0.6 is 15.9 Å². The molecule has 0 spiro atoms. The Morgan fingerprint density at radius 3 is 2.70 bits per heavy atom. The molecule has 20 heavy (non-hydrogen) atoms. The molecule has 1 aliphatic rings. The first kappa shape index (κ1) is 15.6. The van der Waals surface area contributed by atoms with E-state index in [2.05, 4.69) is 27.3 Å².